The van der Waals surface area contributed by atoms with E-state index in [1.165, 1.54) is 16.7 Å². The maximum atomic E-state index is 13.6. The minimum Gasteiger partial charge on any atom is -0.463 e. The Morgan fingerprint density at radius 2 is 1.97 bits per heavy atom. The molecule has 2 heterocycles. The Kier molecular flexibility index (Phi) is 6.80. The summed E-state index contributed by atoms with van der Waals surface area (Å²) in [5.74, 6) is -0.532. The number of thiazole rings is 1. The number of fused-ring (bicyclic) bond motifs is 1. The molecule has 0 amide bonds. The number of benzene rings is 2. The molecule has 174 valence electrons. The fourth-order valence-electron chi connectivity index (χ4n) is 3.81. The second kappa shape index (κ2) is 9.78. The molecule has 1 aromatic heterocycles. The van der Waals surface area contributed by atoms with E-state index in [-0.39, 0.29) is 22.4 Å². The van der Waals surface area contributed by atoms with Crippen LogP contribution in [0.1, 0.15) is 31.0 Å². The number of nitro benzene ring substituents is 1. The molecule has 34 heavy (non-hydrogen) atoms. The van der Waals surface area contributed by atoms with Crippen molar-refractivity contribution in [1.82, 2.24) is 4.57 Å². The maximum Gasteiger partial charge on any atom is 0.338 e. The van der Waals surface area contributed by atoms with Crippen molar-refractivity contribution in [3.05, 3.63) is 101 Å². The summed E-state index contributed by atoms with van der Waals surface area (Å²) >= 11 is 2.72. The lowest BCUT2D eigenvalue weighted by atomic mass is 9.96. The highest BCUT2D eigenvalue weighted by molar-refractivity contribution is 7.98. The topological polar surface area (TPSA) is 104 Å². The van der Waals surface area contributed by atoms with Gasteiger partial charge in [-0.2, -0.15) is 0 Å². The van der Waals surface area contributed by atoms with Crippen LogP contribution in [0.15, 0.2) is 74.5 Å². The Morgan fingerprint density at radius 1 is 1.26 bits per heavy atom. The Morgan fingerprint density at radius 3 is 2.62 bits per heavy atom. The lowest BCUT2D eigenvalue weighted by Crippen LogP contribution is -2.39. The Balaban J connectivity index is 1.96. The molecule has 0 N–H and O–H groups in total. The molecule has 8 nitrogen and oxygen atoms in total. The molecule has 0 radical (unpaired) electrons. The third kappa shape index (κ3) is 4.34. The number of allylic oxidation sites excluding steroid dienone is 1. The predicted octanol–water partition coefficient (Wildman–Crippen LogP) is 3.43. The molecule has 10 heteroatoms. The number of rotatable bonds is 6. The summed E-state index contributed by atoms with van der Waals surface area (Å²) in [4.78, 5) is 43.4. The van der Waals surface area contributed by atoms with Crippen LogP contribution in [0.5, 0.6) is 0 Å². The fraction of sp³-hybridized carbons (Fsp3) is 0.208. The number of esters is 1. The SMILES string of the molecule is CCOC(=O)C1=C(C)N=c2s/c(=C/c3ccccc3[N+](=O)[O-])c(=O)n2C1c1ccc(SC)cc1. The zero-order valence-electron chi connectivity index (χ0n) is 18.7. The summed E-state index contributed by atoms with van der Waals surface area (Å²) in [6, 6.07) is 13.1. The predicted molar refractivity (Wildman–Crippen MR) is 132 cm³/mol. The Hall–Kier alpha value is -3.50. The highest BCUT2D eigenvalue weighted by Gasteiger charge is 2.33. The number of para-hydroxylation sites is 1. The van der Waals surface area contributed by atoms with Crippen molar-refractivity contribution in [3.8, 4) is 0 Å². The van der Waals surface area contributed by atoms with Crippen LogP contribution in [0.25, 0.3) is 6.08 Å². The van der Waals surface area contributed by atoms with Crippen molar-refractivity contribution in [3.63, 3.8) is 0 Å². The van der Waals surface area contributed by atoms with E-state index < -0.39 is 16.9 Å². The van der Waals surface area contributed by atoms with Gasteiger partial charge in [0, 0.05) is 11.0 Å². The molecule has 1 aliphatic rings. The first-order valence-electron chi connectivity index (χ1n) is 10.4. The molecule has 1 unspecified atom stereocenters. The van der Waals surface area contributed by atoms with Crippen molar-refractivity contribution in [2.45, 2.75) is 24.8 Å². The van der Waals surface area contributed by atoms with Gasteiger partial charge < -0.3 is 4.74 Å². The zero-order chi connectivity index (χ0) is 24.4. The van der Waals surface area contributed by atoms with Crippen LogP contribution >= 0.6 is 23.1 Å². The molecule has 0 spiro atoms. The summed E-state index contributed by atoms with van der Waals surface area (Å²) in [6.45, 7) is 3.63. The minimum absolute atomic E-state index is 0.0964. The van der Waals surface area contributed by atoms with Gasteiger partial charge >= 0.3 is 5.97 Å². The molecule has 4 rings (SSSR count). The summed E-state index contributed by atoms with van der Waals surface area (Å²) in [6.07, 6.45) is 3.47. The molecular weight excluding hydrogens is 474 g/mol. The highest BCUT2D eigenvalue weighted by atomic mass is 32.2. The number of ether oxygens (including phenoxy) is 1. The smallest absolute Gasteiger partial charge is 0.338 e. The van der Waals surface area contributed by atoms with E-state index in [2.05, 4.69) is 4.99 Å². The van der Waals surface area contributed by atoms with Crippen LogP contribution in [0.2, 0.25) is 0 Å². The van der Waals surface area contributed by atoms with Gasteiger partial charge in [-0.05, 0) is 49.9 Å². The van der Waals surface area contributed by atoms with Crippen molar-refractivity contribution in [2.24, 2.45) is 4.99 Å². The number of carbonyl (C=O) groups is 1. The molecule has 2 aromatic carbocycles. The van der Waals surface area contributed by atoms with E-state index in [1.54, 1.807) is 43.8 Å². The zero-order valence-corrected chi connectivity index (χ0v) is 20.3. The van der Waals surface area contributed by atoms with E-state index >= 15 is 0 Å². The van der Waals surface area contributed by atoms with Gasteiger partial charge in [0.05, 0.1) is 38.9 Å². The number of hydrogen-bond donors (Lipinski definition) is 0. The van der Waals surface area contributed by atoms with Crippen LogP contribution in [0, 0.1) is 10.1 Å². The monoisotopic (exact) mass is 495 g/mol. The molecule has 3 aromatic rings. The van der Waals surface area contributed by atoms with Gasteiger partial charge in [-0.15, -0.1) is 11.8 Å². The third-order valence-electron chi connectivity index (χ3n) is 5.37. The Bertz CT molecular complexity index is 1490. The van der Waals surface area contributed by atoms with Crippen LogP contribution in [-0.2, 0) is 9.53 Å². The molecular formula is C24H21N3O5S2. The second-order valence-corrected chi connectivity index (χ2v) is 9.28. The molecule has 0 fully saturated rings. The minimum atomic E-state index is -0.723. The van der Waals surface area contributed by atoms with Gasteiger partial charge in [0.2, 0.25) is 0 Å². The normalized spacial score (nSPS) is 15.6. The van der Waals surface area contributed by atoms with Crippen molar-refractivity contribution < 1.29 is 14.5 Å². The number of nitrogens with zero attached hydrogens (tertiary/aromatic N) is 3. The third-order valence-corrected chi connectivity index (χ3v) is 7.10. The van der Waals surface area contributed by atoms with Gasteiger partial charge in [-0.3, -0.25) is 19.5 Å². The first-order valence-corrected chi connectivity index (χ1v) is 12.5. The largest absolute Gasteiger partial charge is 0.463 e. The van der Waals surface area contributed by atoms with Gasteiger partial charge in [0.1, 0.15) is 0 Å². The summed E-state index contributed by atoms with van der Waals surface area (Å²) in [5, 5.41) is 11.4. The van der Waals surface area contributed by atoms with Crippen LogP contribution in [-0.4, -0.2) is 28.3 Å². The number of carbonyl (C=O) groups excluding carboxylic acids is 1. The molecule has 0 saturated heterocycles. The molecule has 0 bridgehead atoms. The summed E-state index contributed by atoms with van der Waals surface area (Å²) < 4.78 is 7.05. The fourth-order valence-corrected chi connectivity index (χ4v) is 5.26. The number of aromatic nitrogens is 1. The van der Waals surface area contributed by atoms with Crippen LogP contribution in [0.4, 0.5) is 5.69 Å². The van der Waals surface area contributed by atoms with Crippen LogP contribution in [0.3, 0.4) is 0 Å². The standard InChI is InChI=1S/C24H21N3O5S2/c1-4-32-23(29)20-14(2)25-24-26(21(20)15-9-11-17(33-3)12-10-15)22(28)19(34-24)13-16-7-5-6-8-18(16)27(30)31/h5-13,21H,4H2,1-3H3/b19-13+. The second-order valence-electron chi connectivity index (χ2n) is 7.39. The molecule has 0 aliphatic carbocycles. The number of thioether (sulfide) groups is 1. The number of nitro groups is 1. The quantitative estimate of drug-likeness (QED) is 0.225. The van der Waals surface area contributed by atoms with Crippen molar-refractivity contribution in [2.75, 3.05) is 12.9 Å². The maximum absolute atomic E-state index is 13.6. The first-order chi connectivity index (χ1) is 16.3. The van der Waals surface area contributed by atoms with E-state index in [4.69, 9.17) is 4.74 Å². The first kappa shape index (κ1) is 23.7. The van der Waals surface area contributed by atoms with Crippen LogP contribution < -0.4 is 14.9 Å². The van der Waals surface area contributed by atoms with Gasteiger partial charge in [0.25, 0.3) is 11.2 Å². The van der Waals surface area contributed by atoms with E-state index in [0.29, 0.717) is 21.6 Å². The number of hydrogen-bond acceptors (Lipinski definition) is 8. The van der Waals surface area contributed by atoms with Gasteiger partial charge in [0.15, 0.2) is 4.80 Å². The van der Waals surface area contributed by atoms with Gasteiger partial charge in [-0.1, -0.05) is 35.6 Å². The molecule has 0 saturated carbocycles. The summed E-state index contributed by atoms with van der Waals surface area (Å²) in [5.41, 5.74) is 1.35. The summed E-state index contributed by atoms with van der Waals surface area (Å²) in [7, 11) is 0. The lowest BCUT2D eigenvalue weighted by molar-refractivity contribution is -0.385. The molecule has 1 aliphatic heterocycles. The van der Waals surface area contributed by atoms with E-state index in [1.807, 2.05) is 30.5 Å². The molecule has 1 atom stereocenters. The average molecular weight is 496 g/mol. The van der Waals surface area contributed by atoms with Gasteiger partial charge in [-0.25, -0.2) is 9.79 Å². The average Bonchev–Trinajstić information content (AvgIpc) is 3.13. The van der Waals surface area contributed by atoms with Crippen molar-refractivity contribution >= 4 is 40.8 Å². The van der Waals surface area contributed by atoms with E-state index in [9.17, 15) is 19.7 Å². The van der Waals surface area contributed by atoms with Crippen molar-refractivity contribution in [1.29, 1.82) is 0 Å². The lowest BCUT2D eigenvalue weighted by Gasteiger charge is -2.24. The van der Waals surface area contributed by atoms with E-state index in [0.717, 1.165) is 21.8 Å². The highest BCUT2D eigenvalue weighted by Crippen LogP contribution is 2.31. The Labute approximate surface area is 203 Å².